The third kappa shape index (κ3) is 3.28. The molecule has 0 amide bonds. The second-order valence-corrected chi connectivity index (χ2v) is 9.79. The number of benzene rings is 1. The van der Waals surface area contributed by atoms with Crippen LogP contribution in [0.15, 0.2) is 46.5 Å². The predicted octanol–water partition coefficient (Wildman–Crippen LogP) is 2.89. The predicted molar refractivity (Wildman–Crippen MR) is 123 cm³/mol. The zero-order valence-corrected chi connectivity index (χ0v) is 18.8. The van der Waals surface area contributed by atoms with Gasteiger partial charge in [-0.1, -0.05) is 19.3 Å². The summed E-state index contributed by atoms with van der Waals surface area (Å²) >= 11 is 0. The number of primary sulfonamides is 1. The van der Waals surface area contributed by atoms with Crippen LogP contribution in [0, 0.1) is 0 Å². The van der Waals surface area contributed by atoms with Gasteiger partial charge in [-0.05, 0) is 43.2 Å². The molecule has 0 saturated heterocycles. The van der Waals surface area contributed by atoms with E-state index in [1.54, 1.807) is 25.4 Å². The Morgan fingerprint density at radius 3 is 2.53 bits per heavy atom. The molecule has 1 aromatic carbocycles. The lowest BCUT2D eigenvalue weighted by Crippen LogP contribution is -2.49. The number of aromatic nitrogens is 3. The van der Waals surface area contributed by atoms with Crippen LogP contribution in [0.1, 0.15) is 32.1 Å². The summed E-state index contributed by atoms with van der Waals surface area (Å²) in [4.78, 5) is 9.33. The Bertz CT molecular complexity index is 1310. The lowest BCUT2D eigenvalue weighted by atomic mass is 9.80. The van der Waals surface area contributed by atoms with Gasteiger partial charge in [-0.25, -0.2) is 23.5 Å². The molecule has 168 valence electrons. The topological polar surface area (TPSA) is 128 Å². The van der Waals surface area contributed by atoms with E-state index in [2.05, 4.69) is 14.9 Å². The lowest BCUT2D eigenvalue weighted by molar-refractivity contribution is 0.222. The average Bonchev–Trinajstić information content (AvgIpc) is 3.17. The molecule has 32 heavy (non-hydrogen) atoms. The first kappa shape index (κ1) is 20.7. The first-order valence-electron chi connectivity index (χ1n) is 10.5. The van der Waals surface area contributed by atoms with Crippen molar-refractivity contribution in [2.45, 2.75) is 42.5 Å². The molecule has 1 aliphatic heterocycles. The van der Waals surface area contributed by atoms with Crippen LogP contribution in [0.3, 0.4) is 0 Å². The second kappa shape index (κ2) is 7.45. The first-order valence-corrected chi connectivity index (χ1v) is 12.0. The van der Waals surface area contributed by atoms with Gasteiger partial charge in [0.05, 0.1) is 12.0 Å². The zero-order chi connectivity index (χ0) is 22.5. The first-order chi connectivity index (χ1) is 15.3. The maximum Gasteiger partial charge on any atom is 0.238 e. The number of hydrogen-bond donors (Lipinski definition) is 2. The summed E-state index contributed by atoms with van der Waals surface area (Å²) in [6, 6.07) is 8.21. The van der Waals surface area contributed by atoms with Crippen LogP contribution in [0.25, 0.3) is 11.0 Å². The van der Waals surface area contributed by atoms with Gasteiger partial charge in [0.15, 0.2) is 0 Å². The number of methoxy groups -OCH3 is 1. The third-order valence-electron chi connectivity index (χ3n) is 6.23. The van der Waals surface area contributed by atoms with E-state index in [0.717, 1.165) is 42.5 Å². The van der Waals surface area contributed by atoms with Gasteiger partial charge in [0.2, 0.25) is 21.9 Å². The molecule has 0 atom stereocenters. The van der Waals surface area contributed by atoms with Crippen molar-refractivity contribution in [3.8, 4) is 0 Å². The number of fused-ring (bicyclic) bond motifs is 4. The SMILES string of the molecule is COC1=NN(C)c2cc3cnc(Nc4ccc(S(N)(=O)=O)cc4)nc3n2C12CCCCC2. The number of hydrazone groups is 1. The van der Waals surface area contributed by atoms with Crippen molar-refractivity contribution in [3.63, 3.8) is 0 Å². The summed E-state index contributed by atoms with van der Waals surface area (Å²) in [5.74, 6) is 2.07. The van der Waals surface area contributed by atoms with Crippen molar-refractivity contribution in [1.82, 2.24) is 14.5 Å². The van der Waals surface area contributed by atoms with Crippen LogP contribution < -0.4 is 15.5 Å². The van der Waals surface area contributed by atoms with Crippen LogP contribution in [0.5, 0.6) is 0 Å². The lowest BCUT2D eigenvalue weighted by Gasteiger charge is -2.43. The molecular weight excluding hydrogens is 430 g/mol. The highest BCUT2D eigenvalue weighted by Gasteiger charge is 2.46. The molecule has 2 aromatic heterocycles. The molecule has 1 spiro atoms. The van der Waals surface area contributed by atoms with E-state index in [9.17, 15) is 8.42 Å². The fourth-order valence-electron chi connectivity index (χ4n) is 4.73. The highest BCUT2D eigenvalue weighted by molar-refractivity contribution is 7.89. The minimum absolute atomic E-state index is 0.0498. The molecule has 0 unspecified atom stereocenters. The number of nitrogens with one attached hydrogen (secondary N) is 1. The summed E-state index contributed by atoms with van der Waals surface area (Å²) in [5.41, 5.74) is 1.10. The van der Waals surface area contributed by atoms with Crippen LogP contribution in [-0.2, 0) is 20.3 Å². The highest BCUT2D eigenvalue weighted by Crippen LogP contribution is 2.45. The van der Waals surface area contributed by atoms with Crippen LogP contribution in [-0.4, -0.2) is 43.0 Å². The maximum atomic E-state index is 11.5. The maximum absolute atomic E-state index is 11.5. The van der Waals surface area contributed by atoms with Crippen LogP contribution in [0.4, 0.5) is 17.5 Å². The van der Waals surface area contributed by atoms with Gasteiger partial charge in [-0.2, -0.15) is 4.98 Å². The van der Waals surface area contributed by atoms with Gasteiger partial charge < -0.3 is 10.1 Å². The molecule has 0 bridgehead atoms. The average molecular weight is 456 g/mol. The van der Waals surface area contributed by atoms with E-state index >= 15 is 0 Å². The Morgan fingerprint density at radius 1 is 1.16 bits per heavy atom. The van der Waals surface area contributed by atoms with Crippen LogP contribution in [0.2, 0.25) is 0 Å². The fraction of sp³-hybridized carbons (Fsp3) is 0.381. The van der Waals surface area contributed by atoms with Crippen LogP contribution >= 0.6 is 0 Å². The van der Waals surface area contributed by atoms with Crippen molar-refractivity contribution < 1.29 is 13.2 Å². The van der Waals surface area contributed by atoms with Crippen molar-refractivity contribution in [1.29, 1.82) is 0 Å². The van der Waals surface area contributed by atoms with Gasteiger partial charge in [0.25, 0.3) is 0 Å². The monoisotopic (exact) mass is 455 g/mol. The van der Waals surface area contributed by atoms with E-state index in [0.29, 0.717) is 17.5 Å². The summed E-state index contributed by atoms with van der Waals surface area (Å²) in [5, 5.41) is 15.8. The normalized spacial score (nSPS) is 17.8. The number of rotatable bonds is 3. The van der Waals surface area contributed by atoms with E-state index in [1.165, 1.54) is 18.6 Å². The number of anilines is 3. The summed E-state index contributed by atoms with van der Waals surface area (Å²) in [7, 11) is -0.168. The Labute approximate surface area is 186 Å². The van der Waals surface area contributed by atoms with E-state index in [1.807, 2.05) is 18.1 Å². The Balaban J connectivity index is 1.58. The number of nitrogens with zero attached hydrogens (tertiary/aromatic N) is 5. The summed E-state index contributed by atoms with van der Waals surface area (Å²) < 4.78 is 31.0. The van der Waals surface area contributed by atoms with Gasteiger partial charge >= 0.3 is 0 Å². The van der Waals surface area contributed by atoms with Crippen molar-refractivity contribution in [3.05, 3.63) is 36.5 Å². The second-order valence-electron chi connectivity index (χ2n) is 8.23. The molecule has 0 radical (unpaired) electrons. The Hall–Kier alpha value is -3.18. The smallest absolute Gasteiger partial charge is 0.238 e. The molecule has 3 aromatic rings. The van der Waals surface area contributed by atoms with Crippen molar-refractivity contribution >= 4 is 44.4 Å². The number of nitrogens with two attached hydrogens (primary N) is 1. The zero-order valence-electron chi connectivity index (χ0n) is 17.9. The summed E-state index contributed by atoms with van der Waals surface area (Å²) in [6.07, 6.45) is 7.04. The van der Waals surface area contributed by atoms with Gasteiger partial charge in [0, 0.05) is 24.3 Å². The Kier molecular flexibility index (Phi) is 4.82. The molecule has 3 heterocycles. The molecule has 2 aliphatic rings. The number of sulfonamides is 1. The van der Waals surface area contributed by atoms with Gasteiger partial charge in [0.1, 0.15) is 17.0 Å². The minimum atomic E-state index is -3.74. The highest BCUT2D eigenvalue weighted by atomic mass is 32.2. The minimum Gasteiger partial charge on any atom is -0.481 e. The molecule has 1 fully saturated rings. The molecule has 10 nitrogen and oxygen atoms in total. The molecule has 11 heteroatoms. The number of hydrogen-bond acceptors (Lipinski definition) is 8. The number of ether oxygens (including phenoxy) is 1. The summed E-state index contributed by atoms with van der Waals surface area (Å²) in [6.45, 7) is 0. The quantitative estimate of drug-likeness (QED) is 0.621. The molecule has 1 saturated carbocycles. The van der Waals surface area contributed by atoms with Gasteiger partial charge in [-0.3, -0.25) is 4.57 Å². The van der Waals surface area contributed by atoms with E-state index < -0.39 is 10.0 Å². The largest absolute Gasteiger partial charge is 0.481 e. The molecule has 5 rings (SSSR count). The molecule has 1 aliphatic carbocycles. The third-order valence-corrected chi connectivity index (χ3v) is 7.16. The van der Waals surface area contributed by atoms with Gasteiger partial charge in [-0.15, -0.1) is 5.10 Å². The molecule has 3 N–H and O–H groups in total. The van der Waals surface area contributed by atoms with Crippen molar-refractivity contribution in [2.24, 2.45) is 10.2 Å². The van der Waals surface area contributed by atoms with E-state index in [4.69, 9.17) is 20.0 Å². The molecular formula is C21H25N7O3S. The fourth-order valence-corrected chi connectivity index (χ4v) is 5.25. The van der Waals surface area contributed by atoms with E-state index in [-0.39, 0.29) is 10.4 Å². The van der Waals surface area contributed by atoms with Crippen molar-refractivity contribution in [2.75, 3.05) is 24.5 Å². The standard InChI is InChI=1S/C21H25N7O3S/c1-27-17-12-14-13-23-20(24-15-6-8-16(9-7-15)32(22,29)30)25-18(14)28(17)21(19(26-27)31-2)10-4-3-5-11-21/h6-9,12-13H,3-5,10-11H2,1-2H3,(H2,22,29,30)(H,23,24,25). The Morgan fingerprint density at radius 2 is 1.88 bits per heavy atom.